The van der Waals surface area contributed by atoms with Crippen LogP contribution in [-0.4, -0.2) is 17.6 Å². The minimum atomic E-state index is -0.951. The van der Waals surface area contributed by atoms with E-state index in [1.165, 1.54) is 38.2 Å². The largest absolute Gasteiger partial charge is 0.478 e. The normalized spacial score (nSPS) is 10.4. The molecule has 2 N–H and O–H groups in total. The van der Waals surface area contributed by atoms with E-state index in [0.717, 1.165) is 13.0 Å². The van der Waals surface area contributed by atoms with Crippen LogP contribution in [0.25, 0.3) is 0 Å². The highest BCUT2D eigenvalue weighted by atomic mass is 35.5. The fraction of sp³-hybridized carbons (Fsp3) is 0.533. The number of hydrogen-bond acceptors (Lipinski definition) is 2. The summed E-state index contributed by atoms with van der Waals surface area (Å²) in [5.74, 6) is -0.951. The van der Waals surface area contributed by atoms with E-state index in [1.807, 2.05) is 0 Å². The van der Waals surface area contributed by atoms with E-state index < -0.39 is 5.97 Å². The SMILES string of the molecule is CCCCCCCCNc1ccc(Cl)cc1C(=O)O. The van der Waals surface area contributed by atoms with Gasteiger partial charge in [-0.2, -0.15) is 0 Å². The fourth-order valence-electron chi connectivity index (χ4n) is 1.98. The van der Waals surface area contributed by atoms with Crippen LogP contribution in [0.5, 0.6) is 0 Å². The second kappa shape index (κ2) is 8.81. The number of unbranched alkanes of at least 4 members (excludes halogenated alkanes) is 5. The molecule has 0 aliphatic heterocycles. The molecule has 0 fully saturated rings. The molecule has 3 nitrogen and oxygen atoms in total. The molecule has 0 atom stereocenters. The molecule has 0 aromatic heterocycles. The summed E-state index contributed by atoms with van der Waals surface area (Å²) in [6.45, 7) is 3.00. The maximum absolute atomic E-state index is 11.1. The van der Waals surface area contributed by atoms with Gasteiger partial charge in [-0.1, -0.05) is 50.6 Å². The quantitative estimate of drug-likeness (QED) is 0.639. The lowest BCUT2D eigenvalue weighted by Gasteiger charge is -2.09. The number of hydrogen-bond donors (Lipinski definition) is 2. The van der Waals surface area contributed by atoms with Crippen molar-refractivity contribution in [1.82, 2.24) is 0 Å². The first-order chi connectivity index (χ1) is 9.15. The van der Waals surface area contributed by atoms with E-state index in [2.05, 4.69) is 12.2 Å². The lowest BCUT2D eigenvalue weighted by Crippen LogP contribution is -2.07. The van der Waals surface area contributed by atoms with Crippen LogP contribution in [0, 0.1) is 0 Å². The summed E-state index contributed by atoms with van der Waals surface area (Å²) in [4.78, 5) is 11.1. The zero-order valence-corrected chi connectivity index (χ0v) is 12.2. The van der Waals surface area contributed by atoms with Crippen LogP contribution in [0.3, 0.4) is 0 Å². The number of rotatable bonds is 9. The van der Waals surface area contributed by atoms with Gasteiger partial charge in [-0.15, -0.1) is 0 Å². The molecule has 0 amide bonds. The van der Waals surface area contributed by atoms with Gasteiger partial charge >= 0.3 is 5.97 Å². The lowest BCUT2D eigenvalue weighted by molar-refractivity contribution is 0.0698. The van der Waals surface area contributed by atoms with Crippen LogP contribution in [0.15, 0.2) is 18.2 Å². The Bertz CT molecular complexity index is 407. The second-order valence-corrected chi connectivity index (χ2v) is 5.13. The van der Waals surface area contributed by atoms with Crippen molar-refractivity contribution in [1.29, 1.82) is 0 Å². The zero-order valence-electron chi connectivity index (χ0n) is 11.4. The maximum Gasteiger partial charge on any atom is 0.337 e. The molecule has 19 heavy (non-hydrogen) atoms. The molecule has 0 spiro atoms. The minimum Gasteiger partial charge on any atom is -0.478 e. The molecular weight excluding hydrogens is 262 g/mol. The highest BCUT2D eigenvalue weighted by molar-refractivity contribution is 6.31. The number of aromatic carboxylic acids is 1. The smallest absolute Gasteiger partial charge is 0.337 e. The number of benzene rings is 1. The summed E-state index contributed by atoms with van der Waals surface area (Å²) in [6, 6.07) is 4.91. The third kappa shape index (κ3) is 5.97. The summed E-state index contributed by atoms with van der Waals surface area (Å²) < 4.78 is 0. The molecule has 0 unspecified atom stereocenters. The molecule has 0 heterocycles. The van der Waals surface area contributed by atoms with Crippen molar-refractivity contribution in [2.24, 2.45) is 0 Å². The van der Waals surface area contributed by atoms with Crippen LogP contribution in [0.1, 0.15) is 55.8 Å². The average Bonchev–Trinajstić information content (AvgIpc) is 2.39. The van der Waals surface area contributed by atoms with Gasteiger partial charge in [-0.3, -0.25) is 0 Å². The van der Waals surface area contributed by atoms with Crippen LogP contribution in [-0.2, 0) is 0 Å². The number of halogens is 1. The van der Waals surface area contributed by atoms with E-state index in [4.69, 9.17) is 16.7 Å². The van der Waals surface area contributed by atoms with E-state index >= 15 is 0 Å². The van der Waals surface area contributed by atoms with Crippen molar-refractivity contribution in [3.05, 3.63) is 28.8 Å². The van der Waals surface area contributed by atoms with Gasteiger partial charge in [0.1, 0.15) is 0 Å². The minimum absolute atomic E-state index is 0.235. The Kier molecular flexibility index (Phi) is 7.34. The summed E-state index contributed by atoms with van der Waals surface area (Å²) in [5.41, 5.74) is 0.879. The fourth-order valence-corrected chi connectivity index (χ4v) is 2.15. The molecule has 0 saturated carbocycles. The van der Waals surface area contributed by atoms with Crippen molar-refractivity contribution in [2.75, 3.05) is 11.9 Å². The van der Waals surface area contributed by atoms with E-state index in [1.54, 1.807) is 12.1 Å². The summed E-state index contributed by atoms with van der Waals surface area (Å²) in [5, 5.41) is 12.7. The molecule has 0 saturated heterocycles. The first-order valence-electron chi connectivity index (χ1n) is 6.92. The van der Waals surface area contributed by atoms with Crippen molar-refractivity contribution >= 4 is 23.3 Å². The Balaban J connectivity index is 2.35. The third-order valence-corrected chi connectivity index (χ3v) is 3.29. The number of nitrogens with one attached hydrogen (secondary N) is 1. The van der Waals surface area contributed by atoms with Gasteiger partial charge in [0.2, 0.25) is 0 Å². The molecule has 0 aliphatic rings. The Morgan fingerprint density at radius 3 is 2.58 bits per heavy atom. The lowest BCUT2D eigenvalue weighted by atomic mass is 10.1. The molecule has 0 bridgehead atoms. The molecule has 106 valence electrons. The predicted molar refractivity (Wildman–Crippen MR) is 80.3 cm³/mol. The van der Waals surface area contributed by atoms with Gasteiger partial charge in [0.15, 0.2) is 0 Å². The van der Waals surface area contributed by atoms with Gasteiger partial charge in [0, 0.05) is 17.3 Å². The Hall–Kier alpha value is -1.22. The average molecular weight is 284 g/mol. The monoisotopic (exact) mass is 283 g/mol. The number of carboxylic acids is 1. The molecule has 0 aliphatic carbocycles. The molecule has 1 rings (SSSR count). The zero-order chi connectivity index (χ0) is 14.1. The molecule has 1 aromatic carbocycles. The number of carbonyl (C=O) groups is 1. The predicted octanol–water partition coefficient (Wildman–Crippen LogP) is 4.81. The molecule has 0 radical (unpaired) electrons. The van der Waals surface area contributed by atoms with Crippen molar-refractivity contribution in [3.8, 4) is 0 Å². The van der Waals surface area contributed by atoms with E-state index in [9.17, 15) is 4.79 Å². The van der Waals surface area contributed by atoms with Gasteiger partial charge in [0.25, 0.3) is 0 Å². The van der Waals surface area contributed by atoms with Crippen molar-refractivity contribution in [3.63, 3.8) is 0 Å². The number of carboxylic acid groups (broad SMARTS) is 1. The first-order valence-corrected chi connectivity index (χ1v) is 7.29. The van der Waals surface area contributed by atoms with E-state index in [-0.39, 0.29) is 5.56 Å². The summed E-state index contributed by atoms with van der Waals surface area (Å²) in [6.07, 6.45) is 7.34. The first kappa shape index (κ1) is 15.8. The van der Waals surface area contributed by atoms with Crippen LogP contribution >= 0.6 is 11.6 Å². The Morgan fingerprint density at radius 2 is 1.89 bits per heavy atom. The molecule has 4 heteroatoms. The van der Waals surface area contributed by atoms with Crippen LogP contribution in [0.4, 0.5) is 5.69 Å². The van der Waals surface area contributed by atoms with Gasteiger partial charge in [-0.05, 0) is 24.6 Å². The van der Waals surface area contributed by atoms with E-state index in [0.29, 0.717) is 10.7 Å². The topological polar surface area (TPSA) is 49.3 Å². The third-order valence-electron chi connectivity index (χ3n) is 3.06. The summed E-state index contributed by atoms with van der Waals surface area (Å²) in [7, 11) is 0. The summed E-state index contributed by atoms with van der Waals surface area (Å²) >= 11 is 5.80. The second-order valence-electron chi connectivity index (χ2n) is 4.69. The highest BCUT2D eigenvalue weighted by Crippen LogP contribution is 2.20. The van der Waals surface area contributed by atoms with Gasteiger partial charge in [-0.25, -0.2) is 4.79 Å². The van der Waals surface area contributed by atoms with Crippen LogP contribution in [0.2, 0.25) is 5.02 Å². The van der Waals surface area contributed by atoms with Crippen LogP contribution < -0.4 is 5.32 Å². The van der Waals surface area contributed by atoms with Gasteiger partial charge in [0.05, 0.1) is 5.56 Å². The highest BCUT2D eigenvalue weighted by Gasteiger charge is 2.09. The Labute approximate surface area is 120 Å². The van der Waals surface area contributed by atoms with Gasteiger partial charge < -0.3 is 10.4 Å². The molecule has 1 aromatic rings. The number of anilines is 1. The standard InChI is InChI=1S/C15H22ClNO2/c1-2-3-4-5-6-7-10-17-14-9-8-12(16)11-13(14)15(18)19/h8-9,11,17H,2-7,10H2,1H3,(H,18,19). The van der Waals surface area contributed by atoms with Crippen molar-refractivity contribution in [2.45, 2.75) is 45.4 Å². The molecular formula is C15H22ClNO2. The maximum atomic E-state index is 11.1. The van der Waals surface area contributed by atoms with Crippen molar-refractivity contribution < 1.29 is 9.90 Å². The Morgan fingerprint density at radius 1 is 1.21 bits per heavy atom.